The van der Waals surface area contributed by atoms with E-state index in [9.17, 15) is 13.6 Å². The molecule has 8 heteroatoms. The largest absolute Gasteiger partial charge is 0.443 e. The average molecular weight is 446 g/mol. The van der Waals surface area contributed by atoms with Gasteiger partial charge in [-0.1, -0.05) is 51.1 Å². The third-order valence-electron chi connectivity index (χ3n) is 5.36. The lowest BCUT2D eigenvalue weighted by molar-refractivity contribution is -0.169. The van der Waals surface area contributed by atoms with Crippen LogP contribution in [-0.4, -0.2) is 36.6 Å². The van der Waals surface area contributed by atoms with Crippen LogP contribution in [-0.2, 0) is 20.0 Å². The van der Waals surface area contributed by atoms with Crippen molar-refractivity contribution < 1.29 is 23.0 Å². The van der Waals surface area contributed by atoms with Crippen molar-refractivity contribution in [3.8, 4) is 0 Å². The molecule has 2 N–H and O–H groups in total. The Bertz CT molecular complexity index is 992. The molecule has 6 nitrogen and oxygen atoms in total. The quantitative estimate of drug-likeness (QED) is 0.695. The molecule has 0 aliphatic carbocycles. The molecule has 1 heterocycles. The van der Waals surface area contributed by atoms with Gasteiger partial charge in [0.2, 0.25) is 11.6 Å². The van der Waals surface area contributed by atoms with Gasteiger partial charge in [-0.05, 0) is 36.6 Å². The third-order valence-corrected chi connectivity index (χ3v) is 5.36. The molecule has 0 radical (unpaired) electrons. The summed E-state index contributed by atoms with van der Waals surface area (Å²) in [6, 6.07) is 12.1. The molecule has 2 aromatic rings. The van der Waals surface area contributed by atoms with Gasteiger partial charge >= 0.3 is 0 Å². The number of ether oxygens (including phenoxy) is 2. The molecule has 1 unspecified atom stereocenters. The van der Waals surface area contributed by atoms with Gasteiger partial charge in [-0.25, -0.2) is 8.78 Å². The van der Waals surface area contributed by atoms with Gasteiger partial charge in [0.15, 0.2) is 0 Å². The minimum Gasteiger partial charge on any atom is -0.443 e. The Labute approximate surface area is 187 Å². The molecular weight excluding hydrogens is 416 g/mol. The Kier molecular flexibility index (Phi) is 6.95. The molecular formula is C24H29F2N3O3. The monoisotopic (exact) mass is 445 g/mol. The van der Waals surface area contributed by atoms with Crippen LogP contribution in [0.2, 0.25) is 0 Å². The minimum absolute atomic E-state index is 0.168. The lowest BCUT2D eigenvalue weighted by Gasteiger charge is -2.38. The van der Waals surface area contributed by atoms with E-state index < -0.39 is 34.8 Å². The third kappa shape index (κ3) is 4.52. The summed E-state index contributed by atoms with van der Waals surface area (Å²) >= 11 is 0. The fraction of sp³-hybridized carbons (Fsp3) is 0.417. The summed E-state index contributed by atoms with van der Waals surface area (Å²) in [5.41, 5.74) is 4.32. The molecule has 0 spiro atoms. The highest BCUT2D eigenvalue weighted by Gasteiger charge is 2.52. The smallest absolute Gasteiger partial charge is 0.276 e. The molecule has 0 bridgehead atoms. The van der Waals surface area contributed by atoms with E-state index in [4.69, 9.17) is 15.2 Å². The fourth-order valence-electron chi connectivity index (χ4n) is 3.85. The number of carbonyl (C=O) groups is 1. The van der Waals surface area contributed by atoms with Crippen LogP contribution < -0.4 is 5.73 Å². The van der Waals surface area contributed by atoms with Crippen LogP contribution in [0.3, 0.4) is 0 Å². The summed E-state index contributed by atoms with van der Waals surface area (Å²) in [5, 5.41) is 5.58. The maximum absolute atomic E-state index is 14.6. The summed E-state index contributed by atoms with van der Waals surface area (Å²) in [6.45, 7) is 5.96. The average Bonchev–Trinajstić information content (AvgIpc) is 3.14. The molecule has 3 rings (SSSR count). The van der Waals surface area contributed by atoms with Crippen LogP contribution in [0.5, 0.6) is 0 Å². The zero-order valence-electron chi connectivity index (χ0n) is 18.8. The lowest BCUT2D eigenvalue weighted by Crippen LogP contribution is -2.52. The second-order valence-corrected chi connectivity index (χ2v) is 8.81. The van der Waals surface area contributed by atoms with E-state index in [1.165, 1.54) is 12.1 Å². The van der Waals surface area contributed by atoms with Crippen LogP contribution in [0.4, 0.5) is 8.78 Å². The van der Waals surface area contributed by atoms with Crippen LogP contribution in [0.1, 0.15) is 44.7 Å². The molecule has 32 heavy (non-hydrogen) atoms. The van der Waals surface area contributed by atoms with Crippen molar-refractivity contribution in [3.05, 3.63) is 71.3 Å². The Balaban J connectivity index is 2.19. The van der Waals surface area contributed by atoms with Gasteiger partial charge in [0.05, 0.1) is 5.56 Å². The van der Waals surface area contributed by atoms with Crippen LogP contribution in [0.15, 0.2) is 53.6 Å². The van der Waals surface area contributed by atoms with E-state index in [0.29, 0.717) is 24.9 Å². The van der Waals surface area contributed by atoms with Crippen molar-refractivity contribution in [2.75, 3.05) is 13.7 Å². The molecule has 2 atom stereocenters. The van der Waals surface area contributed by atoms with Crippen molar-refractivity contribution in [3.63, 3.8) is 0 Å². The van der Waals surface area contributed by atoms with Crippen molar-refractivity contribution in [2.24, 2.45) is 16.3 Å². The maximum atomic E-state index is 14.6. The molecule has 2 aromatic carbocycles. The van der Waals surface area contributed by atoms with Gasteiger partial charge in [0.1, 0.15) is 17.7 Å². The first-order valence-electron chi connectivity index (χ1n) is 10.5. The highest BCUT2D eigenvalue weighted by Crippen LogP contribution is 2.42. The highest BCUT2D eigenvalue weighted by atomic mass is 19.1. The topological polar surface area (TPSA) is 77.1 Å². The van der Waals surface area contributed by atoms with Gasteiger partial charge in [0.25, 0.3) is 5.91 Å². The van der Waals surface area contributed by atoms with Gasteiger partial charge in [-0.3, -0.25) is 4.79 Å². The van der Waals surface area contributed by atoms with E-state index in [2.05, 4.69) is 5.10 Å². The van der Waals surface area contributed by atoms with E-state index in [0.717, 1.165) is 18.2 Å². The number of rotatable bonds is 7. The molecule has 0 aromatic heterocycles. The number of amides is 1. The normalized spacial score (nSPS) is 19.5. The number of benzene rings is 2. The van der Waals surface area contributed by atoms with Crippen molar-refractivity contribution >= 4 is 11.8 Å². The van der Waals surface area contributed by atoms with Crippen molar-refractivity contribution in [2.45, 2.75) is 45.4 Å². The number of hydrogen-bond acceptors (Lipinski definition) is 5. The first-order valence-corrected chi connectivity index (χ1v) is 10.5. The Morgan fingerprint density at radius 2 is 1.91 bits per heavy atom. The first kappa shape index (κ1) is 23.8. The molecule has 1 amide bonds. The highest BCUT2D eigenvalue weighted by molar-refractivity contribution is 5.97. The first-order chi connectivity index (χ1) is 15.1. The van der Waals surface area contributed by atoms with Crippen molar-refractivity contribution in [1.29, 1.82) is 0 Å². The van der Waals surface area contributed by atoms with Gasteiger partial charge in [0, 0.05) is 19.1 Å². The van der Waals surface area contributed by atoms with Gasteiger partial charge in [-0.2, -0.15) is 5.01 Å². The summed E-state index contributed by atoms with van der Waals surface area (Å²) in [4.78, 5) is 13.7. The number of nitrogens with zero attached hydrogens (tertiary/aromatic N) is 2. The number of methoxy groups -OCH3 is 1. The number of carbonyl (C=O) groups excluding carboxylic acids is 1. The second-order valence-electron chi connectivity index (χ2n) is 8.81. The Morgan fingerprint density at radius 1 is 1.22 bits per heavy atom. The maximum Gasteiger partial charge on any atom is 0.276 e. The molecule has 0 fully saturated rings. The number of halogens is 2. The van der Waals surface area contributed by atoms with Gasteiger partial charge in [-0.15, -0.1) is 5.10 Å². The van der Waals surface area contributed by atoms with Crippen molar-refractivity contribution in [1.82, 2.24) is 5.01 Å². The lowest BCUT2D eigenvalue weighted by atomic mass is 9.87. The molecule has 1 aliphatic heterocycles. The zero-order valence-corrected chi connectivity index (χ0v) is 18.8. The van der Waals surface area contributed by atoms with Crippen LogP contribution in [0, 0.1) is 17.0 Å². The zero-order chi connectivity index (χ0) is 23.5. The molecule has 172 valence electrons. The molecule has 0 saturated carbocycles. The predicted molar refractivity (Wildman–Crippen MR) is 117 cm³/mol. The second kappa shape index (κ2) is 9.34. The number of hydrazone groups is 1. The van der Waals surface area contributed by atoms with Gasteiger partial charge < -0.3 is 15.2 Å². The predicted octanol–water partition coefficient (Wildman–Crippen LogP) is 4.14. The Hall–Kier alpha value is -2.84. The Morgan fingerprint density at radius 3 is 2.50 bits per heavy atom. The van der Waals surface area contributed by atoms with E-state index in [-0.39, 0.29) is 11.5 Å². The standard InChI is InChI=1S/C24H29F2N3O3/c1-23(2,3)20(31-4)22(30)29-24(13-8-14-27,16-9-6-5-7-10-16)32-21(28-29)18-15-17(25)11-12-19(18)26/h5-7,9-12,15,20H,8,13-14,27H2,1-4H3/t20-,24?/m1/s1. The SMILES string of the molecule is CO[C@H](C(=O)N1N=C(c2cc(F)ccc2F)OC1(CCCN)c1ccccc1)C(C)(C)C. The molecule has 1 aliphatic rings. The van der Waals surface area contributed by atoms with E-state index in [1.807, 2.05) is 39.0 Å². The number of nitrogens with two attached hydrogens (primary N) is 1. The summed E-state index contributed by atoms with van der Waals surface area (Å²) in [7, 11) is 1.45. The van der Waals surface area contributed by atoms with Crippen LogP contribution in [0.25, 0.3) is 0 Å². The van der Waals surface area contributed by atoms with E-state index in [1.54, 1.807) is 12.1 Å². The summed E-state index contributed by atoms with van der Waals surface area (Å²) in [6.07, 6.45) is -0.0585. The van der Waals surface area contributed by atoms with E-state index >= 15 is 0 Å². The minimum atomic E-state index is -1.38. The molecule has 0 saturated heterocycles. The van der Waals surface area contributed by atoms with Crippen LogP contribution >= 0.6 is 0 Å². The number of hydrogen-bond donors (Lipinski definition) is 1. The summed E-state index contributed by atoms with van der Waals surface area (Å²) in [5.74, 6) is -1.98. The summed E-state index contributed by atoms with van der Waals surface area (Å²) < 4.78 is 40.3. The fourth-order valence-corrected chi connectivity index (χ4v) is 3.85.